The summed E-state index contributed by atoms with van der Waals surface area (Å²) in [5.41, 5.74) is 5.72. The smallest absolute Gasteiger partial charge is 0.285 e. The van der Waals surface area contributed by atoms with Crippen LogP contribution in [0.3, 0.4) is 0 Å². The zero-order valence-corrected chi connectivity index (χ0v) is 16.4. The number of benzene rings is 4. The van der Waals surface area contributed by atoms with Crippen molar-refractivity contribution in [3.63, 3.8) is 0 Å². The van der Waals surface area contributed by atoms with Crippen LogP contribution in [0.2, 0.25) is 0 Å². The van der Waals surface area contributed by atoms with E-state index in [1.54, 1.807) is 0 Å². The van der Waals surface area contributed by atoms with Gasteiger partial charge in [-0.15, -0.1) is 0 Å². The molecule has 2 heterocycles. The van der Waals surface area contributed by atoms with Crippen LogP contribution >= 0.6 is 11.6 Å². The number of hydrogen-bond donors (Lipinski definition) is 0. The van der Waals surface area contributed by atoms with Gasteiger partial charge in [0.1, 0.15) is 0 Å². The van der Waals surface area contributed by atoms with E-state index in [9.17, 15) is 4.79 Å². The van der Waals surface area contributed by atoms with Crippen LogP contribution in [0.5, 0.6) is 0 Å². The predicted molar refractivity (Wildman–Crippen MR) is 124 cm³/mol. The van der Waals surface area contributed by atoms with Crippen molar-refractivity contribution in [2.75, 3.05) is 0 Å². The summed E-state index contributed by atoms with van der Waals surface area (Å²) in [7, 11) is 0. The molecule has 0 aliphatic carbocycles. The highest BCUT2D eigenvalue weighted by molar-refractivity contribution is 8.28. The van der Waals surface area contributed by atoms with Crippen LogP contribution in [0.15, 0.2) is 107 Å². The van der Waals surface area contributed by atoms with Gasteiger partial charge in [-0.25, -0.2) is 0 Å². The number of hydrogen-bond acceptors (Lipinski definition) is 2. The second-order valence-electron chi connectivity index (χ2n) is 7.29. The molecule has 1 aliphatic heterocycles. The summed E-state index contributed by atoms with van der Waals surface area (Å²) in [5, 5.41) is 1.55. The normalized spacial score (nSPS) is 12.3. The second-order valence-corrected chi connectivity index (χ2v) is 8.47. The van der Waals surface area contributed by atoms with Crippen LogP contribution < -0.4 is 16.4 Å². The van der Waals surface area contributed by atoms with Gasteiger partial charge in [0.2, 0.25) is 0 Å². The van der Waals surface area contributed by atoms with Crippen molar-refractivity contribution in [2.45, 2.75) is 4.90 Å². The van der Waals surface area contributed by atoms with Gasteiger partial charge in [-0.3, -0.25) is 4.79 Å². The molecule has 1 aromatic heterocycles. The van der Waals surface area contributed by atoms with Crippen molar-refractivity contribution >= 4 is 50.3 Å². The highest BCUT2D eigenvalue weighted by Gasteiger charge is 2.32. The molecule has 1 aliphatic rings. The van der Waals surface area contributed by atoms with Crippen LogP contribution in [-0.4, -0.2) is 10.6 Å². The van der Waals surface area contributed by atoms with Crippen LogP contribution in [-0.2, 0) is 0 Å². The van der Waals surface area contributed by atoms with Crippen molar-refractivity contribution in [1.82, 2.24) is 4.57 Å². The molecular formula is C25H16BNOS. The van der Waals surface area contributed by atoms with Crippen molar-refractivity contribution in [2.24, 2.45) is 0 Å². The van der Waals surface area contributed by atoms with E-state index in [0.717, 1.165) is 27.5 Å². The summed E-state index contributed by atoms with van der Waals surface area (Å²) in [6.45, 7) is 0. The van der Waals surface area contributed by atoms with Gasteiger partial charge in [0.05, 0.1) is 11.0 Å². The summed E-state index contributed by atoms with van der Waals surface area (Å²) in [6, 6.07) is 33.1. The lowest BCUT2D eigenvalue weighted by atomic mass is 9.59. The number of pyridine rings is 1. The Labute approximate surface area is 172 Å². The van der Waals surface area contributed by atoms with Gasteiger partial charge < -0.3 is 4.57 Å². The van der Waals surface area contributed by atoms with Gasteiger partial charge in [-0.1, -0.05) is 60.7 Å². The Kier molecular flexibility index (Phi) is 3.68. The third kappa shape index (κ3) is 2.42. The maximum atomic E-state index is 13.3. The summed E-state index contributed by atoms with van der Waals surface area (Å²) in [6.07, 6.45) is 0. The molecular weight excluding hydrogens is 373 g/mol. The third-order valence-corrected chi connectivity index (χ3v) is 6.95. The molecule has 0 unspecified atom stereocenters. The zero-order valence-electron chi connectivity index (χ0n) is 15.6. The lowest BCUT2D eigenvalue weighted by Gasteiger charge is -2.29. The molecule has 4 aromatic carbocycles. The fourth-order valence-corrected chi connectivity index (χ4v) is 5.65. The fraction of sp³-hybridized carbons (Fsp3) is 0. The quantitative estimate of drug-likeness (QED) is 0.331. The van der Waals surface area contributed by atoms with E-state index in [1.807, 2.05) is 54.1 Å². The Bertz CT molecular complexity index is 1460. The van der Waals surface area contributed by atoms with Crippen molar-refractivity contribution < 1.29 is 0 Å². The SMILES string of the molecule is O=c1c2ccccc2n2c3c(cccc13)B(Sc1ccccc1)c1ccccc1-2. The molecule has 0 fully saturated rings. The standard InChI is InChI=1S/C25H16BNOS/c28-25-18-11-4-6-15-22(18)27-23-16-7-5-13-20(23)26(29-17-9-2-1-3-10-17)21-14-8-12-19(25)24(21)27/h1-16H. The third-order valence-electron chi connectivity index (χ3n) is 5.66. The molecule has 6 rings (SSSR count). The molecule has 0 amide bonds. The molecule has 4 heteroatoms. The first kappa shape index (κ1) is 16.7. The molecule has 0 bridgehead atoms. The first-order valence-corrected chi connectivity index (χ1v) is 10.6. The minimum atomic E-state index is 0.108. The zero-order chi connectivity index (χ0) is 19.4. The Morgan fingerprint density at radius 3 is 2.24 bits per heavy atom. The van der Waals surface area contributed by atoms with Gasteiger partial charge in [0, 0.05) is 16.5 Å². The summed E-state index contributed by atoms with van der Waals surface area (Å²) >= 11 is 1.84. The molecule has 136 valence electrons. The number of fused-ring (bicyclic) bond motifs is 4. The average Bonchev–Trinajstić information content (AvgIpc) is 2.79. The molecule has 0 atom stereocenters. The van der Waals surface area contributed by atoms with E-state index < -0.39 is 0 Å². The predicted octanol–water partition coefficient (Wildman–Crippen LogP) is 4.36. The summed E-state index contributed by atoms with van der Waals surface area (Å²) in [4.78, 5) is 14.5. The number of aromatic nitrogens is 1. The number of para-hydroxylation sites is 3. The summed E-state index contributed by atoms with van der Waals surface area (Å²) < 4.78 is 2.28. The minimum Gasteiger partial charge on any atom is -0.310 e. The topological polar surface area (TPSA) is 22.0 Å². The van der Waals surface area contributed by atoms with E-state index in [4.69, 9.17) is 0 Å². The molecule has 0 spiro atoms. The number of rotatable bonds is 2. The summed E-state index contributed by atoms with van der Waals surface area (Å²) in [5.74, 6) is 0.137. The highest BCUT2D eigenvalue weighted by atomic mass is 32.2. The highest BCUT2D eigenvalue weighted by Crippen LogP contribution is 2.30. The van der Waals surface area contributed by atoms with Gasteiger partial charge in [0.15, 0.2) is 5.43 Å². The Morgan fingerprint density at radius 1 is 0.655 bits per heavy atom. The number of nitrogens with zero attached hydrogens (tertiary/aromatic N) is 1. The molecule has 0 saturated heterocycles. The van der Waals surface area contributed by atoms with Crippen LogP contribution in [0, 0.1) is 0 Å². The van der Waals surface area contributed by atoms with Gasteiger partial charge >= 0.3 is 0 Å². The van der Waals surface area contributed by atoms with Crippen molar-refractivity contribution in [3.05, 3.63) is 107 Å². The van der Waals surface area contributed by atoms with E-state index in [-0.39, 0.29) is 11.4 Å². The van der Waals surface area contributed by atoms with Crippen LogP contribution in [0.25, 0.3) is 27.5 Å². The Balaban J connectivity index is 1.76. The Hall–Kier alpha value is -3.24. The van der Waals surface area contributed by atoms with Crippen molar-refractivity contribution in [3.8, 4) is 5.69 Å². The van der Waals surface area contributed by atoms with E-state index in [0.29, 0.717) is 0 Å². The van der Waals surface area contributed by atoms with E-state index in [1.165, 1.54) is 15.8 Å². The minimum absolute atomic E-state index is 0.108. The molecule has 29 heavy (non-hydrogen) atoms. The van der Waals surface area contributed by atoms with Crippen LogP contribution in [0.1, 0.15) is 0 Å². The fourth-order valence-electron chi connectivity index (χ4n) is 4.42. The molecule has 2 nitrogen and oxygen atoms in total. The Morgan fingerprint density at radius 2 is 1.34 bits per heavy atom. The van der Waals surface area contributed by atoms with E-state index in [2.05, 4.69) is 59.2 Å². The lowest BCUT2D eigenvalue weighted by Crippen LogP contribution is -2.46. The van der Waals surface area contributed by atoms with Gasteiger partial charge in [0.25, 0.3) is 5.99 Å². The molecule has 0 N–H and O–H groups in total. The lowest BCUT2D eigenvalue weighted by molar-refractivity contribution is 1.17. The molecule has 5 aromatic rings. The molecule has 0 radical (unpaired) electrons. The van der Waals surface area contributed by atoms with Gasteiger partial charge in [-0.05, 0) is 52.2 Å². The van der Waals surface area contributed by atoms with Crippen LogP contribution in [0.4, 0.5) is 0 Å². The maximum Gasteiger partial charge on any atom is 0.285 e. The largest absolute Gasteiger partial charge is 0.310 e. The van der Waals surface area contributed by atoms with E-state index >= 15 is 0 Å². The van der Waals surface area contributed by atoms with Crippen molar-refractivity contribution in [1.29, 1.82) is 0 Å². The first-order valence-electron chi connectivity index (χ1n) is 9.70. The monoisotopic (exact) mass is 389 g/mol. The van der Waals surface area contributed by atoms with Gasteiger partial charge in [-0.2, -0.15) is 11.6 Å². The maximum absolute atomic E-state index is 13.3. The average molecular weight is 389 g/mol. The molecule has 0 saturated carbocycles. The second kappa shape index (κ2) is 6.40. The first-order chi connectivity index (χ1) is 14.3.